The molecule has 1 N–H and O–H groups in total. The number of hydrogen-bond acceptors (Lipinski definition) is 3. The van der Waals surface area contributed by atoms with Gasteiger partial charge in [0.2, 0.25) is 0 Å². The number of halogens is 1. The summed E-state index contributed by atoms with van der Waals surface area (Å²) < 4.78 is 13.2. The van der Waals surface area contributed by atoms with Crippen molar-refractivity contribution >= 4 is 11.3 Å². The molecule has 0 aliphatic heterocycles. The average Bonchev–Trinajstić information content (AvgIpc) is 2.94. The SMILES string of the molecule is CCC(NCc1cc(F)ccc1C#N)c1cccs1. The summed E-state index contributed by atoms with van der Waals surface area (Å²) in [6.07, 6.45) is 0.956. The molecule has 1 aromatic heterocycles. The summed E-state index contributed by atoms with van der Waals surface area (Å²) in [5.41, 5.74) is 1.23. The van der Waals surface area contributed by atoms with Gasteiger partial charge in [0, 0.05) is 17.5 Å². The highest BCUT2D eigenvalue weighted by Gasteiger charge is 2.11. The summed E-state index contributed by atoms with van der Waals surface area (Å²) in [6.45, 7) is 2.60. The Balaban J connectivity index is 2.10. The van der Waals surface area contributed by atoms with E-state index in [1.165, 1.54) is 23.1 Å². The van der Waals surface area contributed by atoms with E-state index in [0.29, 0.717) is 17.7 Å². The van der Waals surface area contributed by atoms with E-state index < -0.39 is 0 Å². The van der Waals surface area contributed by atoms with Gasteiger partial charge >= 0.3 is 0 Å². The van der Waals surface area contributed by atoms with Gasteiger partial charge < -0.3 is 5.32 Å². The van der Waals surface area contributed by atoms with Crippen molar-refractivity contribution in [1.82, 2.24) is 5.32 Å². The molecule has 0 fully saturated rings. The number of rotatable bonds is 5. The van der Waals surface area contributed by atoms with Crippen LogP contribution in [0.4, 0.5) is 4.39 Å². The summed E-state index contributed by atoms with van der Waals surface area (Å²) in [5.74, 6) is -0.306. The third-order valence-corrected chi connectivity index (χ3v) is 4.01. The molecule has 0 saturated heterocycles. The molecule has 0 bridgehead atoms. The molecule has 0 amide bonds. The predicted octanol–water partition coefficient (Wildman–Crippen LogP) is 4.00. The minimum absolute atomic E-state index is 0.245. The van der Waals surface area contributed by atoms with E-state index in [4.69, 9.17) is 5.26 Å². The lowest BCUT2D eigenvalue weighted by Crippen LogP contribution is -2.20. The first-order chi connectivity index (χ1) is 9.24. The highest BCUT2D eigenvalue weighted by molar-refractivity contribution is 7.10. The number of thiophene rings is 1. The molecular weight excluding hydrogens is 259 g/mol. The van der Waals surface area contributed by atoms with E-state index in [9.17, 15) is 4.39 Å². The van der Waals surface area contributed by atoms with Crippen molar-refractivity contribution in [2.45, 2.75) is 25.9 Å². The first-order valence-corrected chi connectivity index (χ1v) is 7.08. The van der Waals surface area contributed by atoms with Gasteiger partial charge in [-0.2, -0.15) is 5.26 Å². The molecule has 1 unspecified atom stereocenters. The molecule has 1 aromatic carbocycles. The van der Waals surface area contributed by atoms with Crippen LogP contribution in [0.1, 0.15) is 35.4 Å². The lowest BCUT2D eigenvalue weighted by molar-refractivity contribution is 0.524. The van der Waals surface area contributed by atoms with Crippen molar-refractivity contribution in [1.29, 1.82) is 5.26 Å². The molecule has 4 heteroatoms. The number of nitrogens with one attached hydrogen (secondary N) is 1. The Labute approximate surface area is 116 Å². The molecule has 2 nitrogen and oxygen atoms in total. The van der Waals surface area contributed by atoms with Crippen LogP contribution in [0.15, 0.2) is 35.7 Å². The van der Waals surface area contributed by atoms with Gasteiger partial charge in [-0.3, -0.25) is 0 Å². The minimum atomic E-state index is -0.306. The summed E-state index contributed by atoms with van der Waals surface area (Å²) in [5, 5.41) is 14.4. The summed E-state index contributed by atoms with van der Waals surface area (Å²) in [7, 11) is 0. The first kappa shape index (κ1) is 13.7. The number of benzene rings is 1. The van der Waals surface area contributed by atoms with E-state index in [0.717, 1.165) is 6.42 Å². The third kappa shape index (κ3) is 3.40. The Morgan fingerprint density at radius 2 is 2.26 bits per heavy atom. The summed E-state index contributed by atoms with van der Waals surface area (Å²) in [6, 6.07) is 10.7. The zero-order chi connectivity index (χ0) is 13.7. The van der Waals surface area contributed by atoms with Crippen LogP contribution >= 0.6 is 11.3 Å². The minimum Gasteiger partial charge on any atom is -0.305 e. The second kappa shape index (κ2) is 6.46. The molecule has 0 aliphatic carbocycles. The highest BCUT2D eigenvalue weighted by Crippen LogP contribution is 2.22. The molecular formula is C15H15FN2S. The zero-order valence-electron chi connectivity index (χ0n) is 10.7. The van der Waals surface area contributed by atoms with Gasteiger partial charge in [-0.15, -0.1) is 11.3 Å². The summed E-state index contributed by atoms with van der Waals surface area (Å²) >= 11 is 1.70. The Hall–Kier alpha value is -1.70. The fourth-order valence-corrected chi connectivity index (χ4v) is 2.87. The van der Waals surface area contributed by atoms with Crippen molar-refractivity contribution in [2.75, 3.05) is 0 Å². The van der Waals surface area contributed by atoms with E-state index in [2.05, 4.69) is 24.4 Å². The normalized spacial score (nSPS) is 12.1. The van der Waals surface area contributed by atoms with Crippen LogP contribution in [0, 0.1) is 17.1 Å². The Kier molecular flexibility index (Phi) is 4.67. The van der Waals surface area contributed by atoms with Gasteiger partial charge in [-0.1, -0.05) is 13.0 Å². The molecule has 1 atom stereocenters. The van der Waals surface area contributed by atoms with Crippen LogP contribution in [0.5, 0.6) is 0 Å². The van der Waals surface area contributed by atoms with Crippen LogP contribution in [-0.4, -0.2) is 0 Å². The van der Waals surface area contributed by atoms with Crippen molar-refractivity contribution in [3.63, 3.8) is 0 Å². The monoisotopic (exact) mass is 274 g/mol. The topological polar surface area (TPSA) is 35.8 Å². The van der Waals surface area contributed by atoms with Crippen molar-refractivity contribution < 1.29 is 4.39 Å². The second-order valence-corrected chi connectivity index (χ2v) is 5.25. The van der Waals surface area contributed by atoms with E-state index >= 15 is 0 Å². The Morgan fingerprint density at radius 1 is 1.42 bits per heavy atom. The van der Waals surface area contributed by atoms with E-state index in [1.807, 2.05) is 11.4 Å². The lowest BCUT2D eigenvalue weighted by Gasteiger charge is -2.16. The maximum atomic E-state index is 13.2. The smallest absolute Gasteiger partial charge is 0.123 e. The molecule has 2 aromatic rings. The lowest BCUT2D eigenvalue weighted by atomic mass is 10.1. The van der Waals surface area contributed by atoms with Crippen LogP contribution in [0.25, 0.3) is 0 Å². The van der Waals surface area contributed by atoms with Crippen LogP contribution in [0.3, 0.4) is 0 Å². The molecule has 19 heavy (non-hydrogen) atoms. The second-order valence-electron chi connectivity index (χ2n) is 4.27. The number of nitriles is 1. The maximum Gasteiger partial charge on any atom is 0.123 e. The highest BCUT2D eigenvalue weighted by atomic mass is 32.1. The largest absolute Gasteiger partial charge is 0.305 e. The molecule has 1 heterocycles. The van der Waals surface area contributed by atoms with Crippen molar-refractivity contribution in [3.05, 3.63) is 57.5 Å². The number of nitrogens with zero attached hydrogens (tertiary/aromatic N) is 1. The molecule has 98 valence electrons. The van der Waals surface area contributed by atoms with Gasteiger partial charge in [0.05, 0.1) is 11.6 Å². The van der Waals surface area contributed by atoms with Gasteiger partial charge in [-0.05, 0) is 41.6 Å². The Bertz CT molecular complexity index is 572. The molecule has 0 saturated carbocycles. The third-order valence-electron chi connectivity index (χ3n) is 3.02. The van der Waals surface area contributed by atoms with Gasteiger partial charge in [0.15, 0.2) is 0 Å². The zero-order valence-corrected chi connectivity index (χ0v) is 11.5. The number of hydrogen-bond donors (Lipinski definition) is 1. The molecule has 2 rings (SSSR count). The van der Waals surface area contributed by atoms with E-state index in [1.54, 1.807) is 11.3 Å². The Morgan fingerprint density at radius 3 is 2.89 bits per heavy atom. The van der Waals surface area contributed by atoms with Crippen LogP contribution < -0.4 is 5.32 Å². The van der Waals surface area contributed by atoms with Gasteiger partial charge in [0.1, 0.15) is 5.82 Å². The average molecular weight is 274 g/mol. The first-order valence-electron chi connectivity index (χ1n) is 6.20. The maximum absolute atomic E-state index is 13.2. The molecule has 0 radical (unpaired) electrons. The fourth-order valence-electron chi connectivity index (χ4n) is 1.99. The van der Waals surface area contributed by atoms with Gasteiger partial charge in [0.25, 0.3) is 0 Å². The van der Waals surface area contributed by atoms with E-state index in [-0.39, 0.29) is 11.9 Å². The predicted molar refractivity (Wildman–Crippen MR) is 75.3 cm³/mol. The summed E-state index contributed by atoms with van der Waals surface area (Å²) in [4.78, 5) is 1.26. The van der Waals surface area contributed by atoms with Crippen LogP contribution in [0.2, 0.25) is 0 Å². The van der Waals surface area contributed by atoms with Crippen LogP contribution in [-0.2, 0) is 6.54 Å². The van der Waals surface area contributed by atoms with Gasteiger partial charge in [-0.25, -0.2) is 4.39 Å². The van der Waals surface area contributed by atoms with Crippen molar-refractivity contribution in [2.24, 2.45) is 0 Å². The van der Waals surface area contributed by atoms with Crippen molar-refractivity contribution in [3.8, 4) is 6.07 Å². The fraction of sp³-hybridized carbons (Fsp3) is 0.267. The molecule has 0 spiro atoms. The molecule has 0 aliphatic rings. The standard InChI is InChI=1S/C15H15FN2S/c1-2-14(15-4-3-7-19-15)18-10-12-8-13(16)6-5-11(12)9-17/h3-8,14,18H,2,10H2,1H3. The quantitative estimate of drug-likeness (QED) is 0.894.